The topological polar surface area (TPSA) is 63.2 Å². The van der Waals surface area contributed by atoms with Crippen molar-refractivity contribution in [1.82, 2.24) is 0 Å². The molecule has 0 aromatic rings. The summed E-state index contributed by atoms with van der Waals surface area (Å²) >= 11 is 0. The number of ether oxygens (including phenoxy) is 5. The highest BCUT2D eigenvalue weighted by atomic mass is 16.8. The van der Waals surface area contributed by atoms with Gasteiger partial charge in [-0.15, -0.1) is 0 Å². The quantitative estimate of drug-likeness (QED) is 0.722. The molecule has 0 spiro atoms. The van der Waals surface area contributed by atoms with Crippen LogP contribution in [0.2, 0.25) is 0 Å². The van der Waals surface area contributed by atoms with Gasteiger partial charge in [-0.25, -0.2) is 4.79 Å². The van der Waals surface area contributed by atoms with Crippen LogP contribution in [0.15, 0.2) is 11.1 Å². The molecule has 2 bridgehead atoms. The van der Waals surface area contributed by atoms with E-state index in [9.17, 15) is 4.79 Å². The number of fused-ring (bicyclic) bond motifs is 5. The lowest BCUT2D eigenvalue weighted by molar-refractivity contribution is -0.158. The molecule has 0 amide bonds. The molecule has 23 heavy (non-hydrogen) atoms. The van der Waals surface area contributed by atoms with Crippen LogP contribution in [0.25, 0.3) is 0 Å². The number of hydrogen-bond donors (Lipinski definition) is 0. The summed E-state index contributed by atoms with van der Waals surface area (Å²) in [4.78, 5) is 12.4. The maximum atomic E-state index is 12.4. The Hall–Kier alpha value is -0.950. The zero-order valence-electron chi connectivity index (χ0n) is 14.3. The van der Waals surface area contributed by atoms with Crippen LogP contribution < -0.4 is 0 Å². The monoisotopic (exact) mass is 324 g/mol. The van der Waals surface area contributed by atoms with Crippen molar-refractivity contribution in [2.45, 2.75) is 64.0 Å². The van der Waals surface area contributed by atoms with E-state index in [0.29, 0.717) is 12.2 Å². The summed E-state index contributed by atoms with van der Waals surface area (Å²) in [5, 5.41) is 0. The lowest BCUT2D eigenvalue weighted by Gasteiger charge is -2.29. The van der Waals surface area contributed by atoms with Crippen LogP contribution in [0, 0.1) is 11.8 Å². The highest BCUT2D eigenvalue weighted by molar-refractivity contribution is 5.91. The summed E-state index contributed by atoms with van der Waals surface area (Å²) in [6.07, 6.45) is 0.530. The van der Waals surface area contributed by atoms with Gasteiger partial charge < -0.3 is 23.7 Å². The van der Waals surface area contributed by atoms with Crippen molar-refractivity contribution in [1.29, 1.82) is 0 Å². The molecule has 128 valence electrons. The molecule has 2 saturated heterocycles. The summed E-state index contributed by atoms with van der Waals surface area (Å²) in [6.45, 7) is 8.06. The third kappa shape index (κ3) is 2.27. The smallest absolute Gasteiger partial charge is 0.334 e. The molecule has 3 fully saturated rings. The van der Waals surface area contributed by atoms with E-state index < -0.39 is 11.6 Å². The Balaban J connectivity index is 1.71. The zero-order valence-corrected chi connectivity index (χ0v) is 14.3. The van der Waals surface area contributed by atoms with E-state index in [0.717, 1.165) is 12.0 Å². The number of carbonyl (C=O) groups excluding carboxylic acids is 1. The van der Waals surface area contributed by atoms with Crippen molar-refractivity contribution >= 4 is 5.97 Å². The minimum absolute atomic E-state index is 0.0153. The van der Waals surface area contributed by atoms with Crippen LogP contribution in [0.4, 0.5) is 0 Å². The molecular formula is C17H24O6. The zero-order chi connectivity index (χ0) is 16.6. The van der Waals surface area contributed by atoms with Crippen molar-refractivity contribution in [3.8, 4) is 0 Å². The van der Waals surface area contributed by atoms with Gasteiger partial charge in [0.05, 0.1) is 25.9 Å². The second-order valence-electron chi connectivity index (χ2n) is 7.69. The predicted molar refractivity (Wildman–Crippen MR) is 79.4 cm³/mol. The molecule has 0 unspecified atom stereocenters. The first kappa shape index (κ1) is 15.6. The Bertz CT molecular complexity index is 578. The first-order valence-corrected chi connectivity index (χ1v) is 8.22. The normalized spacial score (nSPS) is 43.1. The molecule has 0 aromatic carbocycles. The lowest BCUT2D eigenvalue weighted by atomic mass is 9.85. The van der Waals surface area contributed by atoms with Gasteiger partial charge in [0.15, 0.2) is 11.6 Å². The molecule has 0 aromatic heterocycles. The van der Waals surface area contributed by atoms with Crippen LogP contribution in [0.3, 0.4) is 0 Å². The van der Waals surface area contributed by atoms with Crippen molar-refractivity contribution in [3.05, 3.63) is 11.1 Å². The van der Waals surface area contributed by atoms with E-state index in [4.69, 9.17) is 23.7 Å². The van der Waals surface area contributed by atoms with Gasteiger partial charge in [0.2, 0.25) is 0 Å². The van der Waals surface area contributed by atoms with E-state index in [1.165, 1.54) is 7.11 Å². The lowest BCUT2D eigenvalue weighted by Crippen LogP contribution is -2.37. The third-order valence-corrected chi connectivity index (χ3v) is 5.31. The fraction of sp³-hybridized carbons (Fsp3) is 0.824. The third-order valence-electron chi connectivity index (χ3n) is 5.31. The summed E-state index contributed by atoms with van der Waals surface area (Å²) in [7, 11) is 1.42. The Kier molecular flexibility index (Phi) is 3.24. The van der Waals surface area contributed by atoms with E-state index in [2.05, 4.69) is 0 Å². The summed E-state index contributed by atoms with van der Waals surface area (Å²) < 4.78 is 28.9. The first-order chi connectivity index (χ1) is 10.7. The molecule has 0 radical (unpaired) electrons. The first-order valence-electron chi connectivity index (χ1n) is 8.22. The van der Waals surface area contributed by atoms with Crippen LogP contribution >= 0.6 is 0 Å². The molecule has 6 heteroatoms. The maximum absolute atomic E-state index is 12.4. The van der Waals surface area contributed by atoms with E-state index in [-0.39, 0.29) is 36.1 Å². The van der Waals surface area contributed by atoms with Crippen LogP contribution in [0.5, 0.6) is 0 Å². The number of esters is 1. The molecule has 4 rings (SSSR count). The van der Waals surface area contributed by atoms with E-state index in [1.807, 2.05) is 27.7 Å². The summed E-state index contributed by atoms with van der Waals surface area (Å²) in [5.74, 6) is -1.39. The fourth-order valence-corrected chi connectivity index (χ4v) is 4.61. The van der Waals surface area contributed by atoms with Gasteiger partial charge in [-0.3, -0.25) is 0 Å². The minimum atomic E-state index is -0.633. The molecule has 0 N–H and O–H groups in total. The van der Waals surface area contributed by atoms with Crippen molar-refractivity contribution in [3.63, 3.8) is 0 Å². The number of carbonyl (C=O) groups is 1. The summed E-state index contributed by atoms with van der Waals surface area (Å²) in [5.41, 5.74) is 1.71. The fourth-order valence-electron chi connectivity index (χ4n) is 4.61. The second kappa shape index (κ2) is 4.79. The van der Waals surface area contributed by atoms with Crippen molar-refractivity contribution in [2.75, 3.05) is 13.7 Å². The minimum Gasteiger partial charge on any atom is -0.466 e. The van der Waals surface area contributed by atoms with E-state index >= 15 is 0 Å². The van der Waals surface area contributed by atoms with Crippen molar-refractivity contribution < 1.29 is 28.5 Å². The second-order valence-corrected chi connectivity index (χ2v) is 7.69. The van der Waals surface area contributed by atoms with Crippen LogP contribution in [-0.2, 0) is 28.5 Å². The van der Waals surface area contributed by atoms with Gasteiger partial charge in [-0.2, -0.15) is 0 Å². The SMILES string of the molecule is COC(=O)C1=C([C@H]2COC(C)(C)O2)[C@H]2C[C@@H]1[C@@H]1OC(C)(C)O[C@@H]12. The molecule has 1 saturated carbocycles. The highest BCUT2D eigenvalue weighted by Gasteiger charge is 2.63. The maximum Gasteiger partial charge on any atom is 0.334 e. The molecule has 5 atom stereocenters. The van der Waals surface area contributed by atoms with Gasteiger partial charge in [-0.1, -0.05) is 0 Å². The van der Waals surface area contributed by atoms with Gasteiger partial charge in [-0.05, 0) is 39.7 Å². The van der Waals surface area contributed by atoms with E-state index in [1.54, 1.807) is 0 Å². The molecule has 2 aliphatic carbocycles. The molecule has 6 nitrogen and oxygen atoms in total. The molecule has 4 aliphatic rings. The Morgan fingerprint density at radius 1 is 1.04 bits per heavy atom. The van der Waals surface area contributed by atoms with Crippen LogP contribution in [-0.4, -0.2) is 49.6 Å². The Labute approximate surface area is 136 Å². The molecule has 2 heterocycles. The summed E-state index contributed by atoms with van der Waals surface area (Å²) in [6, 6.07) is 0. The van der Waals surface area contributed by atoms with Gasteiger partial charge in [0.1, 0.15) is 6.10 Å². The van der Waals surface area contributed by atoms with Crippen LogP contribution in [0.1, 0.15) is 34.1 Å². The Morgan fingerprint density at radius 3 is 2.26 bits per heavy atom. The number of rotatable bonds is 2. The highest BCUT2D eigenvalue weighted by Crippen LogP contribution is 2.57. The van der Waals surface area contributed by atoms with Crippen molar-refractivity contribution in [2.24, 2.45) is 11.8 Å². The number of hydrogen-bond acceptors (Lipinski definition) is 6. The standard InChI is InChI=1S/C17H24O6/c1-16(2)20-7-10(21-16)11-8-6-9(12(11)15(18)19-5)14-13(8)22-17(3,4)23-14/h8-10,13-14H,6-7H2,1-5H3/t8-,9+,10-,13-,14+/m1/s1. The predicted octanol–water partition coefficient (Wildman–Crippen LogP) is 1.78. The Morgan fingerprint density at radius 2 is 1.70 bits per heavy atom. The average molecular weight is 324 g/mol. The largest absolute Gasteiger partial charge is 0.466 e. The van der Waals surface area contributed by atoms with Gasteiger partial charge in [0.25, 0.3) is 0 Å². The van der Waals surface area contributed by atoms with Gasteiger partial charge in [0, 0.05) is 17.4 Å². The van der Waals surface area contributed by atoms with Gasteiger partial charge >= 0.3 is 5.97 Å². The number of methoxy groups -OCH3 is 1. The molecular weight excluding hydrogens is 300 g/mol. The average Bonchev–Trinajstić information content (AvgIpc) is 3.15. The molecule has 2 aliphatic heterocycles.